The van der Waals surface area contributed by atoms with Crippen molar-refractivity contribution in [3.63, 3.8) is 0 Å². The molecule has 1 aliphatic heterocycles. The summed E-state index contributed by atoms with van der Waals surface area (Å²) >= 11 is 0. The van der Waals surface area contributed by atoms with Crippen LogP contribution in [0.5, 0.6) is 0 Å². The van der Waals surface area contributed by atoms with Crippen LogP contribution in [0.1, 0.15) is 25.7 Å². The lowest BCUT2D eigenvalue weighted by molar-refractivity contribution is -0.117. The maximum Gasteiger partial charge on any atom is 0.225 e. The van der Waals surface area contributed by atoms with Crippen molar-refractivity contribution < 1.29 is 4.79 Å². The summed E-state index contributed by atoms with van der Waals surface area (Å²) in [5.74, 6) is 0.120. The number of rotatable bonds is 3. The summed E-state index contributed by atoms with van der Waals surface area (Å²) in [7, 11) is 2.11. The summed E-state index contributed by atoms with van der Waals surface area (Å²) in [6.45, 7) is 1.11. The molecule has 1 amide bonds. The van der Waals surface area contributed by atoms with Crippen LogP contribution in [0.3, 0.4) is 0 Å². The average molecular weight is 232 g/mol. The summed E-state index contributed by atoms with van der Waals surface area (Å²) in [5.41, 5.74) is 0.885. The molecule has 1 aliphatic rings. The zero-order chi connectivity index (χ0) is 12.1. The Morgan fingerprint density at radius 3 is 2.82 bits per heavy atom. The first-order valence-corrected chi connectivity index (χ1v) is 6.31. The van der Waals surface area contributed by atoms with Gasteiger partial charge in [0, 0.05) is 18.2 Å². The van der Waals surface area contributed by atoms with Gasteiger partial charge in [0.15, 0.2) is 0 Å². The van der Waals surface area contributed by atoms with Crippen molar-refractivity contribution in [2.24, 2.45) is 0 Å². The SMILES string of the molecule is CN1CCCCC1CC(=O)Nc1ccccc1. The van der Waals surface area contributed by atoms with Gasteiger partial charge in [-0.15, -0.1) is 0 Å². The van der Waals surface area contributed by atoms with Crippen molar-refractivity contribution in [3.8, 4) is 0 Å². The van der Waals surface area contributed by atoms with Crippen LogP contribution in [0.15, 0.2) is 30.3 Å². The number of benzene rings is 1. The standard InChI is InChI=1S/C14H20N2O/c1-16-10-6-5-9-13(16)11-14(17)15-12-7-3-2-4-8-12/h2-4,7-8,13H,5-6,9-11H2,1H3,(H,15,17). The molecule has 17 heavy (non-hydrogen) atoms. The number of piperidine rings is 1. The van der Waals surface area contributed by atoms with Gasteiger partial charge < -0.3 is 10.2 Å². The fourth-order valence-corrected chi connectivity index (χ4v) is 2.35. The highest BCUT2D eigenvalue weighted by molar-refractivity contribution is 5.91. The number of nitrogens with one attached hydrogen (secondary N) is 1. The van der Waals surface area contributed by atoms with Crippen LogP contribution in [0, 0.1) is 0 Å². The first-order valence-electron chi connectivity index (χ1n) is 6.31. The summed E-state index contributed by atoms with van der Waals surface area (Å²) in [4.78, 5) is 14.2. The molecule has 0 saturated carbocycles. The molecule has 1 aromatic carbocycles. The summed E-state index contributed by atoms with van der Waals surface area (Å²) < 4.78 is 0. The molecule has 0 spiro atoms. The van der Waals surface area contributed by atoms with E-state index in [0.717, 1.165) is 18.7 Å². The van der Waals surface area contributed by atoms with E-state index in [1.165, 1.54) is 12.8 Å². The number of amides is 1. The third-order valence-electron chi connectivity index (χ3n) is 3.40. The highest BCUT2D eigenvalue weighted by atomic mass is 16.1. The average Bonchev–Trinajstić information content (AvgIpc) is 2.33. The molecule has 92 valence electrons. The maximum absolute atomic E-state index is 11.9. The Balaban J connectivity index is 1.84. The monoisotopic (exact) mass is 232 g/mol. The molecule has 1 fully saturated rings. The van der Waals surface area contributed by atoms with E-state index in [1.54, 1.807) is 0 Å². The third-order valence-corrected chi connectivity index (χ3v) is 3.40. The van der Waals surface area contributed by atoms with Crippen LogP contribution < -0.4 is 5.32 Å². The lowest BCUT2D eigenvalue weighted by Crippen LogP contribution is -2.38. The van der Waals surface area contributed by atoms with E-state index in [9.17, 15) is 4.79 Å². The van der Waals surface area contributed by atoms with Gasteiger partial charge >= 0.3 is 0 Å². The van der Waals surface area contributed by atoms with E-state index < -0.39 is 0 Å². The Morgan fingerprint density at radius 1 is 1.35 bits per heavy atom. The van der Waals surface area contributed by atoms with Gasteiger partial charge in [-0.1, -0.05) is 24.6 Å². The number of likely N-dealkylation sites (tertiary alicyclic amines) is 1. The van der Waals surface area contributed by atoms with Crippen LogP contribution in [0.4, 0.5) is 5.69 Å². The summed E-state index contributed by atoms with van der Waals surface area (Å²) in [5, 5.41) is 2.94. The minimum Gasteiger partial charge on any atom is -0.326 e. The minimum absolute atomic E-state index is 0.120. The molecule has 0 aromatic heterocycles. The van der Waals surface area contributed by atoms with Crippen LogP contribution in [-0.4, -0.2) is 30.4 Å². The molecule has 2 rings (SSSR count). The Morgan fingerprint density at radius 2 is 2.12 bits per heavy atom. The van der Waals surface area contributed by atoms with Crippen molar-refractivity contribution >= 4 is 11.6 Å². The topological polar surface area (TPSA) is 32.3 Å². The van der Waals surface area contributed by atoms with Crippen molar-refractivity contribution in [3.05, 3.63) is 30.3 Å². The van der Waals surface area contributed by atoms with Gasteiger partial charge in [-0.25, -0.2) is 0 Å². The fourth-order valence-electron chi connectivity index (χ4n) is 2.35. The van der Waals surface area contributed by atoms with Crippen molar-refractivity contribution in [1.82, 2.24) is 4.90 Å². The molecule has 3 heteroatoms. The van der Waals surface area contributed by atoms with Gasteiger partial charge in [0.05, 0.1) is 0 Å². The van der Waals surface area contributed by atoms with Gasteiger partial charge in [0.1, 0.15) is 0 Å². The molecular weight excluding hydrogens is 212 g/mol. The van der Waals surface area contributed by atoms with Crippen molar-refractivity contribution in [1.29, 1.82) is 0 Å². The Labute approximate surface area is 103 Å². The number of hydrogen-bond acceptors (Lipinski definition) is 2. The maximum atomic E-state index is 11.9. The van der Waals surface area contributed by atoms with E-state index in [4.69, 9.17) is 0 Å². The van der Waals surface area contributed by atoms with Crippen LogP contribution >= 0.6 is 0 Å². The fraction of sp³-hybridized carbons (Fsp3) is 0.500. The number of nitrogens with zero attached hydrogens (tertiary/aromatic N) is 1. The van der Waals surface area contributed by atoms with Gasteiger partial charge in [0.2, 0.25) is 5.91 Å². The zero-order valence-electron chi connectivity index (χ0n) is 10.4. The van der Waals surface area contributed by atoms with Crippen LogP contribution in [-0.2, 0) is 4.79 Å². The number of anilines is 1. The first kappa shape index (κ1) is 12.1. The molecule has 0 aliphatic carbocycles. The van der Waals surface area contributed by atoms with E-state index in [1.807, 2.05) is 30.3 Å². The Kier molecular flexibility index (Phi) is 4.15. The Hall–Kier alpha value is -1.35. The molecule has 0 radical (unpaired) electrons. The minimum atomic E-state index is 0.120. The highest BCUT2D eigenvalue weighted by Crippen LogP contribution is 2.18. The highest BCUT2D eigenvalue weighted by Gasteiger charge is 2.21. The number of para-hydroxylation sites is 1. The molecular formula is C14H20N2O. The molecule has 1 aromatic rings. The molecule has 1 saturated heterocycles. The van der Waals surface area contributed by atoms with Crippen molar-refractivity contribution in [2.75, 3.05) is 18.9 Å². The van der Waals surface area contributed by atoms with Gasteiger partial charge in [-0.05, 0) is 38.6 Å². The van der Waals surface area contributed by atoms with Crippen LogP contribution in [0.25, 0.3) is 0 Å². The van der Waals surface area contributed by atoms with E-state index in [2.05, 4.69) is 17.3 Å². The second kappa shape index (κ2) is 5.82. The molecule has 1 heterocycles. The molecule has 1 unspecified atom stereocenters. The third kappa shape index (κ3) is 3.56. The quantitative estimate of drug-likeness (QED) is 0.868. The molecule has 3 nitrogen and oxygen atoms in total. The Bertz CT molecular complexity index is 364. The number of carbonyl (C=O) groups is 1. The number of carbonyl (C=O) groups excluding carboxylic acids is 1. The second-order valence-corrected chi connectivity index (χ2v) is 4.75. The van der Waals surface area contributed by atoms with E-state index >= 15 is 0 Å². The molecule has 1 atom stereocenters. The van der Waals surface area contributed by atoms with E-state index in [0.29, 0.717) is 12.5 Å². The molecule has 0 bridgehead atoms. The van der Waals surface area contributed by atoms with Crippen LogP contribution in [0.2, 0.25) is 0 Å². The normalized spacial score (nSPS) is 21.1. The summed E-state index contributed by atoms with van der Waals surface area (Å²) in [6.07, 6.45) is 4.24. The second-order valence-electron chi connectivity index (χ2n) is 4.75. The van der Waals surface area contributed by atoms with E-state index in [-0.39, 0.29) is 5.91 Å². The smallest absolute Gasteiger partial charge is 0.225 e. The van der Waals surface area contributed by atoms with Gasteiger partial charge in [-0.2, -0.15) is 0 Å². The summed E-state index contributed by atoms with van der Waals surface area (Å²) in [6, 6.07) is 10.1. The largest absolute Gasteiger partial charge is 0.326 e. The predicted octanol–water partition coefficient (Wildman–Crippen LogP) is 2.50. The lowest BCUT2D eigenvalue weighted by Gasteiger charge is -2.31. The van der Waals surface area contributed by atoms with Gasteiger partial charge in [0.25, 0.3) is 0 Å². The first-order chi connectivity index (χ1) is 8.25. The van der Waals surface area contributed by atoms with Crippen molar-refractivity contribution in [2.45, 2.75) is 31.7 Å². The number of hydrogen-bond donors (Lipinski definition) is 1. The molecule has 1 N–H and O–H groups in total. The predicted molar refractivity (Wildman–Crippen MR) is 70.0 cm³/mol. The van der Waals surface area contributed by atoms with Gasteiger partial charge in [-0.3, -0.25) is 4.79 Å². The lowest BCUT2D eigenvalue weighted by atomic mass is 10.00. The zero-order valence-corrected chi connectivity index (χ0v) is 10.4.